The minimum Gasteiger partial charge on any atom is -0.459 e. The maximum Gasteiger partial charge on any atom is 0.295 e. The molecule has 1 heterocycles. The summed E-state index contributed by atoms with van der Waals surface area (Å²) < 4.78 is 30.0. The first-order valence-corrected chi connectivity index (χ1v) is 4.70. The Morgan fingerprint density at radius 3 is 2.50 bits per heavy atom. The van der Waals surface area contributed by atoms with Gasteiger partial charge < -0.3 is 10.2 Å². The van der Waals surface area contributed by atoms with Gasteiger partial charge in [0.25, 0.3) is 6.43 Å². The van der Waals surface area contributed by atoms with Gasteiger partial charge in [0.05, 0.1) is 0 Å². The van der Waals surface area contributed by atoms with Crippen molar-refractivity contribution in [3.63, 3.8) is 0 Å². The normalized spacial score (nSPS) is 13.6. The number of alkyl halides is 2. The van der Waals surface area contributed by atoms with Gasteiger partial charge in [-0.1, -0.05) is 13.8 Å². The molecule has 0 spiro atoms. The van der Waals surface area contributed by atoms with E-state index < -0.39 is 6.43 Å². The van der Waals surface area contributed by atoms with Gasteiger partial charge in [0.2, 0.25) is 0 Å². The molecule has 1 aromatic rings. The average molecular weight is 203 g/mol. The second kappa shape index (κ2) is 4.55. The molecule has 2 N–H and O–H groups in total. The van der Waals surface area contributed by atoms with Crippen LogP contribution in [0.15, 0.2) is 10.5 Å². The average Bonchev–Trinajstić information content (AvgIpc) is 2.60. The van der Waals surface area contributed by atoms with E-state index in [4.69, 9.17) is 10.2 Å². The molecule has 1 atom stereocenters. The zero-order valence-corrected chi connectivity index (χ0v) is 8.39. The van der Waals surface area contributed by atoms with Gasteiger partial charge >= 0.3 is 0 Å². The Hall–Kier alpha value is -0.900. The molecule has 0 aliphatic rings. The zero-order chi connectivity index (χ0) is 10.7. The van der Waals surface area contributed by atoms with Gasteiger partial charge in [-0.2, -0.15) is 0 Å². The highest BCUT2D eigenvalue weighted by molar-refractivity contribution is 5.24. The summed E-state index contributed by atoms with van der Waals surface area (Å²) in [5, 5.41) is 0. The van der Waals surface area contributed by atoms with Gasteiger partial charge in [-0.05, 0) is 12.5 Å². The first kappa shape index (κ1) is 11.2. The Balaban J connectivity index is 3.00. The molecule has 14 heavy (non-hydrogen) atoms. The molecule has 0 bridgehead atoms. The van der Waals surface area contributed by atoms with Crippen LogP contribution in [0.4, 0.5) is 8.78 Å². The third-order valence-corrected chi connectivity index (χ3v) is 2.38. The van der Waals surface area contributed by atoms with Crippen molar-refractivity contribution < 1.29 is 13.2 Å². The molecule has 2 nitrogen and oxygen atoms in total. The van der Waals surface area contributed by atoms with Crippen LogP contribution in [0.2, 0.25) is 0 Å². The highest BCUT2D eigenvalue weighted by atomic mass is 19.3. The van der Waals surface area contributed by atoms with Crippen LogP contribution >= 0.6 is 0 Å². The van der Waals surface area contributed by atoms with Crippen molar-refractivity contribution in [2.24, 2.45) is 5.73 Å². The summed E-state index contributed by atoms with van der Waals surface area (Å²) in [6.45, 7) is 4.02. The van der Waals surface area contributed by atoms with E-state index in [0.29, 0.717) is 11.3 Å². The topological polar surface area (TPSA) is 39.2 Å². The number of hydrogen-bond donors (Lipinski definition) is 1. The molecular weight excluding hydrogens is 188 g/mol. The van der Waals surface area contributed by atoms with E-state index in [1.807, 2.05) is 13.8 Å². The smallest absolute Gasteiger partial charge is 0.295 e. The largest absolute Gasteiger partial charge is 0.459 e. The lowest BCUT2D eigenvalue weighted by Gasteiger charge is -2.02. The van der Waals surface area contributed by atoms with E-state index >= 15 is 0 Å². The number of halogens is 2. The molecular formula is C10H15F2NO. The molecule has 1 aromatic heterocycles. The SMILES string of the molecule is CCC(C)c1cc(CN)c(C(F)F)o1. The molecule has 1 rings (SSSR count). The predicted molar refractivity (Wildman–Crippen MR) is 50.3 cm³/mol. The van der Waals surface area contributed by atoms with Crippen molar-refractivity contribution in [1.29, 1.82) is 0 Å². The van der Waals surface area contributed by atoms with Crippen LogP contribution in [0.1, 0.15) is 49.7 Å². The van der Waals surface area contributed by atoms with Crippen LogP contribution in [0.25, 0.3) is 0 Å². The Kier molecular flexibility index (Phi) is 3.63. The van der Waals surface area contributed by atoms with E-state index in [0.717, 1.165) is 6.42 Å². The molecule has 0 aliphatic heterocycles. The second-order valence-electron chi connectivity index (χ2n) is 3.35. The number of nitrogens with two attached hydrogens (primary N) is 1. The van der Waals surface area contributed by atoms with Gasteiger partial charge in [0.15, 0.2) is 5.76 Å². The van der Waals surface area contributed by atoms with Gasteiger partial charge in [-0.25, -0.2) is 8.78 Å². The standard InChI is InChI=1S/C10H15F2NO/c1-3-6(2)8-4-7(5-13)9(14-8)10(11)12/h4,6,10H,3,5,13H2,1-2H3. The lowest BCUT2D eigenvalue weighted by Crippen LogP contribution is -1.98. The maximum absolute atomic E-state index is 12.4. The van der Waals surface area contributed by atoms with E-state index in [-0.39, 0.29) is 18.2 Å². The summed E-state index contributed by atoms with van der Waals surface area (Å²) in [5.74, 6) is 0.485. The summed E-state index contributed by atoms with van der Waals surface area (Å²) >= 11 is 0. The number of furan rings is 1. The van der Waals surface area contributed by atoms with Crippen LogP contribution in [0.5, 0.6) is 0 Å². The fraction of sp³-hybridized carbons (Fsp3) is 0.600. The summed E-state index contributed by atoms with van der Waals surface area (Å²) in [4.78, 5) is 0. The third kappa shape index (κ3) is 2.12. The predicted octanol–water partition coefficient (Wildman–Crippen LogP) is 3.19. The summed E-state index contributed by atoms with van der Waals surface area (Å²) in [6.07, 6.45) is -1.72. The molecule has 0 aromatic carbocycles. The zero-order valence-electron chi connectivity index (χ0n) is 8.39. The minimum atomic E-state index is -2.58. The molecule has 1 unspecified atom stereocenters. The van der Waals surface area contributed by atoms with Crippen molar-refractivity contribution >= 4 is 0 Å². The van der Waals surface area contributed by atoms with Gasteiger partial charge in [-0.15, -0.1) is 0 Å². The maximum atomic E-state index is 12.4. The third-order valence-electron chi connectivity index (χ3n) is 2.38. The molecule has 0 saturated heterocycles. The van der Waals surface area contributed by atoms with Crippen molar-refractivity contribution in [2.75, 3.05) is 0 Å². The molecule has 4 heteroatoms. The summed E-state index contributed by atoms with van der Waals surface area (Å²) in [7, 11) is 0. The highest BCUT2D eigenvalue weighted by Gasteiger charge is 2.20. The first-order valence-electron chi connectivity index (χ1n) is 4.70. The Morgan fingerprint density at radius 2 is 2.14 bits per heavy atom. The lowest BCUT2D eigenvalue weighted by molar-refractivity contribution is 0.118. The van der Waals surface area contributed by atoms with Crippen molar-refractivity contribution in [2.45, 2.75) is 39.2 Å². The van der Waals surface area contributed by atoms with E-state index in [1.54, 1.807) is 6.07 Å². The van der Waals surface area contributed by atoms with Crippen molar-refractivity contribution in [3.8, 4) is 0 Å². The molecule has 0 amide bonds. The molecule has 80 valence electrons. The number of hydrogen-bond acceptors (Lipinski definition) is 2. The van der Waals surface area contributed by atoms with Crippen LogP contribution in [0.3, 0.4) is 0 Å². The monoisotopic (exact) mass is 203 g/mol. The molecule has 0 fully saturated rings. The van der Waals surface area contributed by atoms with Crippen molar-refractivity contribution in [3.05, 3.63) is 23.2 Å². The van der Waals surface area contributed by atoms with Crippen LogP contribution in [-0.4, -0.2) is 0 Å². The van der Waals surface area contributed by atoms with E-state index in [9.17, 15) is 8.78 Å². The van der Waals surface area contributed by atoms with Gasteiger partial charge in [0.1, 0.15) is 5.76 Å². The quantitative estimate of drug-likeness (QED) is 0.816. The second-order valence-corrected chi connectivity index (χ2v) is 3.35. The van der Waals surface area contributed by atoms with E-state index in [2.05, 4.69) is 0 Å². The van der Waals surface area contributed by atoms with Crippen LogP contribution < -0.4 is 5.73 Å². The van der Waals surface area contributed by atoms with Gasteiger partial charge in [0, 0.05) is 18.0 Å². The van der Waals surface area contributed by atoms with Crippen molar-refractivity contribution in [1.82, 2.24) is 0 Å². The Morgan fingerprint density at radius 1 is 1.50 bits per heavy atom. The minimum absolute atomic E-state index is 0.0968. The fourth-order valence-corrected chi connectivity index (χ4v) is 1.25. The molecule has 0 radical (unpaired) electrons. The van der Waals surface area contributed by atoms with E-state index in [1.165, 1.54) is 0 Å². The van der Waals surface area contributed by atoms with Crippen LogP contribution in [-0.2, 0) is 6.54 Å². The Labute approximate surface area is 82.1 Å². The Bertz CT molecular complexity index is 296. The fourth-order valence-electron chi connectivity index (χ4n) is 1.25. The summed E-state index contributed by atoms with van der Waals surface area (Å²) in [6, 6.07) is 1.63. The first-order chi connectivity index (χ1) is 6.60. The lowest BCUT2D eigenvalue weighted by atomic mass is 10.1. The van der Waals surface area contributed by atoms with Gasteiger partial charge in [-0.3, -0.25) is 0 Å². The summed E-state index contributed by atoms with van der Waals surface area (Å²) in [5.41, 5.74) is 5.76. The molecule has 0 aliphatic carbocycles. The molecule has 0 saturated carbocycles. The number of rotatable bonds is 4. The highest BCUT2D eigenvalue weighted by Crippen LogP contribution is 2.30. The van der Waals surface area contributed by atoms with Crippen LogP contribution in [0, 0.1) is 0 Å².